The number of unbranched alkanes of at least 4 members (excludes halogenated alkanes) is 9. The Bertz CT molecular complexity index is 166. The SMILES string of the molecule is CCCCCCCCC(O)(O)CCCCCCC. The van der Waals surface area contributed by atoms with E-state index in [1.54, 1.807) is 0 Å². The summed E-state index contributed by atoms with van der Waals surface area (Å²) < 4.78 is 0. The average molecular weight is 258 g/mol. The molecule has 0 aliphatic rings. The first-order chi connectivity index (χ1) is 8.62. The summed E-state index contributed by atoms with van der Waals surface area (Å²) in [5.41, 5.74) is 0. The van der Waals surface area contributed by atoms with E-state index in [4.69, 9.17) is 0 Å². The van der Waals surface area contributed by atoms with Crippen molar-refractivity contribution in [3.63, 3.8) is 0 Å². The maximum atomic E-state index is 9.83. The number of hydrogen-bond donors (Lipinski definition) is 2. The largest absolute Gasteiger partial charge is 0.366 e. The predicted octanol–water partition coefficient (Wildman–Crippen LogP) is 4.78. The van der Waals surface area contributed by atoms with E-state index in [2.05, 4.69) is 13.8 Å². The molecule has 0 aliphatic heterocycles. The van der Waals surface area contributed by atoms with Gasteiger partial charge >= 0.3 is 0 Å². The van der Waals surface area contributed by atoms with Crippen molar-refractivity contribution in [2.24, 2.45) is 0 Å². The van der Waals surface area contributed by atoms with Crippen LogP contribution in [-0.2, 0) is 0 Å². The third-order valence-electron chi connectivity index (χ3n) is 3.61. The van der Waals surface area contributed by atoms with Crippen LogP contribution in [0.25, 0.3) is 0 Å². The maximum absolute atomic E-state index is 9.83. The Labute approximate surface area is 114 Å². The van der Waals surface area contributed by atoms with Crippen molar-refractivity contribution in [3.8, 4) is 0 Å². The fourth-order valence-corrected chi connectivity index (χ4v) is 2.33. The smallest absolute Gasteiger partial charge is 0.162 e. The molecular weight excluding hydrogens is 224 g/mol. The van der Waals surface area contributed by atoms with E-state index in [0.29, 0.717) is 12.8 Å². The summed E-state index contributed by atoms with van der Waals surface area (Å²) in [7, 11) is 0. The van der Waals surface area contributed by atoms with Crippen molar-refractivity contribution >= 4 is 0 Å². The van der Waals surface area contributed by atoms with Crippen molar-refractivity contribution in [2.75, 3.05) is 0 Å². The van der Waals surface area contributed by atoms with Gasteiger partial charge in [-0.25, -0.2) is 0 Å². The highest BCUT2D eigenvalue weighted by atomic mass is 16.5. The van der Waals surface area contributed by atoms with Crippen molar-refractivity contribution < 1.29 is 10.2 Å². The number of hydrogen-bond acceptors (Lipinski definition) is 2. The summed E-state index contributed by atoms with van der Waals surface area (Å²) in [6.45, 7) is 4.41. The lowest BCUT2D eigenvalue weighted by Gasteiger charge is -2.21. The molecule has 2 heteroatoms. The van der Waals surface area contributed by atoms with Crippen molar-refractivity contribution in [1.82, 2.24) is 0 Å². The molecule has 0 aromatic carbocycles. The molecule has 0 amide bonds. The molecule has 0 saturated heterocycles. The van der Waals surface area contributed by atoms with Crippen LogP contribution in [0.15, 0.2) is 0 Å². The molecule has 0 aromatic rings. The highest BCUT2D eigenvalue weighted by molar-refractivity contribution is 4.65. The zero-order valence-corrected chi connectivity index (χ0v) is 12.6. The fraction of sp³-hybridized carbons (Fsp3) is 1.00. The molecule has 0 spiro atoms. The normalized spacial score (nSPS) is 12.0. The highest BCUT2D eigenvalue weighted by Gasteiger charge is 2.21. The molecule has 0 bridgehead atoms. The van der Waals surface area contributed by atoms with E-state index in [0.717, 1.165) is 25.7 Å². The monoisotopic (exact) mass is 258 g/mol. The second-order valence-corrected chi connectivity index (χ2v) is 5.66. The Morgan fingerprint density at radius 3 is 1.28 bits per heavy atom. The van der Waals surface area contributed by atoms with Gasteiger partial charge in [0.1, 0.15) is 0 Å². The zero-order valence-electron chi connectivity index (χ0n) is 12.6. The Hall–Kier alpha value is -0.0800. The molecule has 0 aromatic heterocycles. The van der Waals surface area contributed by atoms with Gasteiger partial charge in [0.15, 0.2) is 5.79 Å². The molecule has 0 radical (unpaired) electrons. The third-order valence-corrected chi connectivity index (χ3v) is 3.61. The summed E-state index contributed by atoms with van der Waals surface area (Å²) in [6.07, 6.45) is 14.1. The molecule has 18 heavy (non-hydrogen) atoms. The van der Waals surface area contributed by atoms with Gasteiger partial charge in [-0.15, -0.1) is 0 Å². The van der Waals surface area contributed by atoms with Crippen LogP contribution >= 0.6 is 0 Å². The lowest BCUT2D eigenvalue weighted by molar-refractivity contribution is -0.172. The summed E-state index contributed by atoms with van der Waals surface area (Å²) >= 11 is 0. The van der Waals surface area contributed by atoms with Crippen LogP contribution in [0.3, 0.4) is 0 Å². The Kier molecular flexibility index (Phi) is 11.9. The topological polar surface area (TPSA) is 40.5 Å². The van der Waals surface area contributed by atoms with E-state index < -0.39 is 5.79 Å². The van der Waals surface area contributed by atoms with Gasteiger partial charge in [-0.1, -0.05) is 71.6 Å². The molecule has 0 rings (SSSR count). The van der Waals surface area contributed by atoms with Gasteiger partial charge in [0.05, 0.1) is 0 Å². The van der Waals surface area contributed by atoms with E-state index in [-0.39, 0.29) is 0 Å². The molecule has 0 saturated carbocycles. The van der Waals surface area contributed by atoms with Crippen LogP contribution in [0.4, 0.5) is 0 Å². The zero-order chi connectivity index (χ0) is 13.7. The quantitative estimate of drug-likeness (QED) is 0.369. The Morgan fingerprint density at radius 1 is 0.556 bits per heavy atom. The van der Waals surface area contributed by atoms with Crippen LogP contribution in [0.1, 0.15) is 97.3 Å². The lowest BCUT2D eigenvalue weighted by atomic mass is 9.99. The van der Waals surface area contributed by atoms with Crippen LogP contribution in [0.5, 0.6) is 0 Å². The summed E-state index contributed by atoms with van der Waals surface area (Å²) in [5, 5.41) is 19.7. The van der Waals surface area contributed by atoms with Gasteiger partial charge in [-0.2, -0.15) is 0 Å². The van der Waals surface area contributed by atoms with Gasteiger partial charge in [0.25, 0.3) is 0 Å². The van der Waals surface area contributed by atoms with E-state index in [1.807, 2.05) is 0 Å². The minimum absolute atomic E-state index is 0.547. The molecule has 0 fully saturated rings. The van der Waals surface area contributed by atoms with Gasteiger partial charge < -0.3 is 10.2 Å². The minimum Gasteiger partial charge on any atom is -0.366 e. The van der Waals surface area contributed by atoms with Gasteiger partial charge in [0, 0.05) is 12.8 Å². The molecular formula is C16H34O2. The van der Waals surface area contributed by atoms with Crippen LogP contribution in [0, 0.1) is 0 Å². The molecule has 2 nitrogen and oxygen atoms in total. The first-order valence-corrected chi connectivity index (χ1v) is 8.07. The van der Waals surface area contributed by atoms with E-state index in [9.17, 15) is 10.2 Å². The van der Waals surface area contributed by atoms with E-state index >= 15 is 0 Å². The molecule has 0 aliphatic carbocycles. The van der Waals surface area contributed by atoms with Gasteiger partial charge in [0.2, 0.25) is 0 Å². The van der Waals surface area contributed by atoms with Crippen molar-refractivity contribution in [2.45, 2.75) is 103 Å². The maximum Gasteiger partial charge on any atom is 0.162 e. The summed E-state index contributed by atoms with van der Waals surface area (Å²) in [4.78, 5) is 0. The predicted molar refractivity (Wildman–Crippen MR) is 78.5 cm³/mol. The molecule has 0 atom stereocenters. The van der Waals surface area contributed by atoms with Gasteiger partial charge in [-0.3, -0.25) is 0 Å². The number of aliphatic hydroxyl groups is 2. The third kappa shape index (κ3) is 12.4. The van der Waals surface area contributed by atoms with E-state index in [1.165, 1.54) is 44.9 Å². The first kappa shape index (κ1) is 17.9. The van der Waals surface area contributed by atoms with Crippen LogP contribution in [-0.4, -0.2) is 16.0 Å². The molecule has 2 N–H and O–H groups in total. The molecule has 0 unspecified atom stereocenters. The minimum atomic E-state index is -1.41. The van der Waals surface area contributed by atoms with Crippen molar-refractivity contribution in [1.29, 1.82) is 0 Å². The standard InChI is InChI=1S/C16H34O2/c1-3-5-7-9-11-13-15-16(17,18)14-12-10-8-6-4-2/h17-18H,3-15H2,1-2H3. The highest BCUT2D eigenvalue weighted by Crippen LogP contribution is 2.20. The summed E-state index contributed by atoms with van der Waals surface area (Å²) in [6, 6.07) is 0. The fourth-order valence-electron chi connectivity index (χ4n) is 2.33. The van der Waals surface area contributed by atoms with Crippen LogP contribution < -0.4 is 0 Å². The number of rotatable bonds is 13. The van der Waals surface area contributed by atoms with Gasteiger partial charge in [-0.05, 0) is 12.8 Å². The van der Waals surface area contributed by atoms with Crippen molar-refractivity contribution in [3.05, 3.63) is 0 Å². The second kappa shape index (κ2) is 12.0. The first-order valence-electron chi connectivity index (χ1n) is 8.07. The van der Waals surface area contributed by atoms with Crippen LogP contribution in [0.2, 0.25) is 0 Å². The lowest BCUT2D eigenvalue weighted by Crippen LogP contribution is -2.27. The Morgan fingerprint density at radius 2 is 0.889 bits per heavy atom. The Balaban J connectivity index is 3.37. The average Bonchev–Trinajstić information content (AvgIpc) is 2.33. The summed E-state index contributed by atoms with van der Waals surface area (Å²) in [5.74, 6) is -1.41. The molecule has 110 valence electrons. The molecule has 0 heterocycles. The second-order valence-electron chi connectivity index (χ2n) is 5.66.